The van der Waals surface area contributed by atoms with Gasteiger partial charge in [-0.2, -0.15) is 0 Å². The SMILES string of the molecule is CCC/C=C/CCC(=O)NCCNCCCCCCCCO. The third-order valence-electron chi connectivity index (χ3n) is 3.55. The molecule has 0 aromatic heterocycles. The molecule has 0 fully saturated rings. The van der Waals surface area contributed by atoms with Gasteiger partial charge in [0.2, 0.25) is 5.91 Å². The molecule has 0 rings (SSSR count). The summed E-state index contributed by atoms with van der Waals surface area (Å²) in [6, 6.07) is 0. The van der Waals surface area contributed by atoms with Crippen LogP contribution in [0.15, 0.2) is 12.2 Å². The summed E-state index contributed by atoms with van der Waals surface area (Å²) < 4.78 is 0. The van der Waals surface area contributed by atoms with Gasteiger partial charge in [-0.05, 0) is 32.2 Å². The van der Waals surface area contributed by atoms with Gasteiger partial charge in [0, 0.05) is 26.1 Å². The number of hydrogen-bond donors (Lipinski definition) is 3. The first-order valence-electron chi connectivity index (χ1n) is 9.04. The molecule has 0 aromatic rings. The largest absolute Gasteiger partial charge is 0.396 e. The minimum atomic E-state index is 0.145. The van der Waals surface area contributed by atoms with E-state index >= 15 is 0 Å². The minimum absolute atomic E-state index is 0.145. The Balaban J connectivity index is 3.17. The van der Waals surface area contributed by atoms with E-state index in [1.165, 1.54) is 25.7 Å². The number of rotatable bonds is 16. The molecule has 0 radical (unpaired) electrons. The maximum atomic E-state index is 11.5. The van der Waals surface area contributed by atoms with Gasteiger partial charge in [-0.1, -0.05) is 51.2 Å². The summed E-state index contributed by atoms with van der Waals surface area (Å²) in [5.41, 5.74) is 0. The quantitative estimate of drug-likeness (QED) is 0.303. The van der Waals surface area contributed by atoms with Gasteiger partial charge in [0.05, 0.1) is 0 Å². The molecule has 0 bridgehead atoms. The molecule has 0 unspecified atom stereocenters. The van der Waals surface area contributed by atoms with Crippen molar-refractivity contribution in [2.75, 3.05) is 26.2 Å². The lowest BCUT2D eigenvalue weighted by molar-refractivity contribution is -0.120. The van der Waals surface area contributed by atoms with E-state index in [1.807, 2.05) is 0 Å². The van der Waals surface area contributed by atoms with Crippen LogP contribution in [-0.4, -0.2) is 37.3 Å². The fourth-order valence-corrected chi connectivity index (χ4v) is 2.19. The average molecular weight is 312 g/mol. The highest BCUT2D eigenvalue weighted by molar-refractivity contribution is 5.75. The molecule has 0 saturated carbocycles. The van der Waals surface area contributed by atoms with Crippen molar-refractivity contribution < 1.29 is 9.90 Å². The van der Waals surface area contributed by atoms with Gasteiger partial charge in [0.15, 0.2) is 0 Å². The molecule has 3 N–H and O–H groups in total. The molecule has 4 heteroatoms. The second-order valence-electron chi connectivity index (χ2n) is 5.74. The molecule has 22 heavy (non-hydrogen) atoms. The molecule has 0 saturated heterocycles. The Kier molecular flexibility index (Phi) is 17.5. The molecule has 0 spiro atoms. The summed E-state index contributed by atoms with van der Waals surface area (Å²) >= 11 is 0. The molecule has 0 aliphatic carbocycles. The van der Waals surface area contributed by atoms with Crippen molar-refractivity contribution in [3.63, 3.8) is 0 Å². The van der Waals surface area contributed by atoms with Crippen LogP contribution in [0.4, 0.5) is 0 Å². The summed E-state index contributed by atoms with van der Waals surface area (Å²) in [6.07, 6.45) is 14.9. The number of carbonyl (C=O) groups is 1. The molecule has 4 nitrogen and oxygen atoms in total. The molecular formula is C18H36N2O2. The van der Waals surface area contributed by atoms with Gasteiger partial charge in [0.1, 0.15) is 0 Å². The number of carbonyl (C=O) groups excluding carboxylic acids is 1. The summed E-state index contributed by atoms with van der Waals surface area (Å²) in [5.74, 6) is 0.145. The van der Waals surface area contributed by atoms with Gasteiger partial charge in [-0.3, -0.25) is 4.79 Å². The van der Waals surface area contributed by atoms with E-state index in [-0.39, 0.29) is 5.91 Å². The Hall–Kier alpha value is -0.870. The van der Waals surface area contributed by atoms with E-state index in [9.17, 15) is 4.79 Å². The zero-order valence-corrected chi connectivity index (χ0v) is 14.4. The molecule has 0 heterocycles. The van der Waals surface area contributed by atoms with Crippen molar-refractivity contribution in [3.8, 4) is 0 Å². The van der Waals surface area contributed by atoms with Crippen LogP contribution in [0.3, 0.4) is 0 Å². The number of aliphatic hydroxyl groups is 1. The fourth-order valence-electron chi connectivity index (χ4n) is 2.19. The molecular weight excluding hydrogens is 276 g/mol. The fraction of sp³-hybridized carbons (Fsp3) is 0.833. The normalized spacial score (nSPS) is 11.2. The van der Waals surface area contributed by atoms with Crippen LogP contribution in [-0.2, 0) is 4.79 Å². The molecule has 0 atom stereocenters. The zero-order chi connectivity index (χ0) is 16.3. The van der Waals surface area contributed by atoms with Gasteiger partial charge < -0.3 is 15.7 Å². The van der Waals surface area contributed by atoms with Crippen molar-refractivity contribution in [1.82, 2.24) is 10.6 Å². The summed E-state index contributed by atoms with van der Waals surface area (Å²) in [5, 5.41) is 15.0. The second-order valence-corrected chi connectivity index (χ2v) is 5.74. The van der Waals surface area contributed by atoms with Crippen LogP contribution in [0.1, 0.15) is 71.1 Å². The lowest BCUT2D eigenvalue weighted by Crippen LogP contribution is -2.31. The van der Waals surface area contributed by atoms with Crippen LogP contribution >= 0.6 is 0 Å². The molecule has 0 aromatic carbocycles. The molecule has 130 valence electrons. The van der Waals surface area contributed by atoms with Gasteiger partial charge in [-0.25, -0.2) is 0 Å². The Labute approximate surface area is 136 Å². The topological polar surface area (TPSA) is 61.4 Å². The van der Waals surface area contributed by atoms with Crippen molar-refractivity contribution in [2.45, 2.75) is 71.1 Å². The number of allylic oxidation sites excluding steroid dienone is 2. The Morgan fingerprint density at radius 1 is 0.909 bits per heavy atom. The van der Waals surface area contributed by atoms with E-state index in [0.717, 1.165) is 45.2 Å². The number of amides is 1. The summed E-state index contributed by atoms with van der Waals surface area (Å²) in [6.45, 7) is 5.06. The minimum Gasteiger partial charge on any atom is -0.396 e. The first-order chi connectivity index (χ1) is 10.8. The number of hydrogen-bond acceptors (Lipinski definition) is 3. The zero-order valence-electron chi connectivity index (χ0n) is 14.4. The highest BCUT2D eigenvalue weighted by Gasteiger charge is 1.98. The molecule has 0 aliphatic rings. The van der Waals surface area contributed by atoms with E-state index < -0.39 is 0 Å². The lowest BCUT2D eigenvalue weighted by Gasteiger charge is -2.06. The van der Waals surface area contributed by atoms with Crippen molar-refractivity contribution in [1.29, 1.82) is 0 Å². The Morgan fingerprint density at radius 3 is 2.32 bits per heavy atom. The number of nitrogens with one attached hydrogen (secondary N) is 2. The predicted molar refractivity (Wildman–Crippen MR) is 93.9 cm³/mol. The first-order valence-corrected chi connectivity index (χ1v) is 9.04. The monoisotopic (exact) mass is 312 g/mol. The van der Waals surface area contributed by atoms with Crippen molar-refractivity contribution in [3.05, 3.63) is 12.2 Å². The molecule has 1 amide bonds. The van der Waals surface area contributed by atoms with Crippen molar-refractivity contribution >= 4 is 5.91 Å². The van der Waals surface area contributed by atoms with Crippen molar-refractivity contribution in [2.24, 2.45) is 0 Å². The lowest BCUT2D eigenvalue weighted by atomic mass is 10.1. The van der Waals surface area contributed by atoms with Crippen LogP contribution in [0.5, 0.6) is 0 Å². The van der Waals surface area contributed by atoms with E-state index in [0.29, 0.717) is 19.6 Å². The predicted octanol–water partition coefficient (Wildman–Crippen LogP) is 3.16. The van der Waals surface area contributed by atoms with Crippen LogP contribution in [0, 0.1) is 0 Å². The maximum absolute atomic E-state index is 11.5. The van der Waals surface area contributed by atoms with Crippen LogP contribution < -0.4 is 10.6 Å². The van der Waals surface area contributed by atoms with Crippen LogP contribution in [0.2, 0.25) is 0 Å². The number of unbranched alkanes of at least 4 members (excludes halogenated alkanes) is 6. The maximum Gasteiger partial charge on any atom is 0.220 e. The average Bonchev–Trinajstić information content (AvgIpc) is 2.52. The third-order valence-corrected chi connectivity index (χ3v) is 3.55. The van der Waals surface area contributed by atoms with Crippen LogP contribution in [0.25, 0.3) is 0 Å². The van der Waals surface area contributed by atoms with E-state index in [2.05, 4.69) is 29.7 Å². The van der Waals surface area contributed by atoms with Gasteiger partial charge in [-0.15, -0.1) is 0 Å². The third kappa shape index (κ3) is 17.2. The summed E-state index contributed by atoms with van der Waals surface area (Å²) in [4.78, 5) is 11.5. The Morgan fingerprint density at radius 2 is 1.59 bits per heavy atom. The smallest absolute Gasteiger partial charge is 0.220 e. The van der Waals surface area contributed by atoms with Gasteiger partial charge >= 0.3 is 0 Å². The highest BCUT2D eigenvalue weighted by Crippen LogP contribution is 2.04. The summed E-state index contributed by atoms with van der Waals surface area (Å²) in [7, 11) is 0. The number of aliphatic hydroxyl groups excluding tert-OH is 1. The first kappa shape index (κ1) is 21.1. The Bertz CT molecular complexity index is 268. The second kappa shape index (κ2) is 18.2. The van der Waals surface area contributed by atoms with E-state index in [1.54, 1.807) is 0 Å². The van der Waals surface area contributed by atoms with Gasteiger partial charge in [0.25, 0.3) is 0 Å². The van der Waals surface area contributed by atoms with E-state index in [4.69, 9.17) is 5.11 Å². The highest BCUT2D eigenvalue weighted by atomic mass is 16.2. The standard InChI is InChI=1S/C18H36N2O2/c1-2-3-4-7-10-13-18(22)20-16-15-19-14-11-8-5-6-9-12-17-21/h4,7,19,21H,2-3,5-6,8-17H2,1H3,(H,20,22)/b7-4+. The molecule has 0 aliphatic heterocycles.